The second-order valence-electron chi connectivity index (χ2n) is 6.07. The molecule has 1 saturated carbocycles. The van der Waals surface area contributed by atoms with Crippen molar-refractivity contribution in [2.75, 3.05) is 13.6 Å². The Labute approximate surface area is 138 Å². The third kappa shape index (κ3) is 3.57. The maximum atomic E-state index is 9.82. The van der Waals surface area contributed by atoms with Crippen molar-refractivity contribution in [2.45, 2.75) is 62.9 Å². The van der Waals surface area contributed by atoms with Gasteiger partial charge in [-0.15, -0.1) is 24.0 Å². The summed E-state index contributed by atoms with van der Waals surface area (Å²) in [5, 5.41) is 16.6. The van der Waals surface area contributed by atoms with Crippen LogP contribution in [0.1, 0.15) is 38.5 Å². The van der Waals surface area contributed by atoms with E-state index in [4.69, 9.17) is 4.74 Å². The quantitative estimate of drug-likeness (QED) is 0.383. The Kier molecular flexibility index (Phi) is 5.92. The number of nitrogens with zero attached hydrogens (tertiary/aromatic N) is 1. The number of aliphatic imine (C=N–C) groups is 1. The fraction of sp³-hybridized carbons (Fsp3) is 0.929. The molecule has 0 aromatic heterocycles. The van der Waals surface area contributed by atoms with E-state index < -0.39 is 0 Å². The van der Waals surface area contributed by atoms with Crippen LogP contribution in [0.4, 0.5) is 0 Å². The Balaban J connectivity index is 0.00000147. The topological polar surface area (TPSA) is 65.9 Å². The number of nitrogens with one attached hydrogen (secondary N) is 2. The number of guanidine groups is 1. The largest absolute Gasteiger partial charge is 0.393 e. The van der Waals surface area contributed by atoms with Gasteiger partial charge >= 0.3 is 0 Å². The van der Waals surface area contributed by atoms with Gasteiger partial charge in [-0.1, -0.05) is 6.42 Å². The Bertz CT molecular complexity index is 353. The molecule has 5 nitrogen and oxygen atoms in total. The molecule has 0 spiro atoms. The van der Waals surface area contributed by atoms with Gasteiger partial charge in [0.1, 0.15) is 0 Å². The average Bonchev–Trinajstić information content (AvgIpc) is 3.11. The lowest BCUT2D eigenvalue weighted by Gasteiger charge is -2.24. The van der Waals surface area contributed by atoms with Crippen LogP contribution >= 0.6 is 24.0 Å². The molecule has 6 heteroatoms. The molecule has 2 bridgehead atoms. The van der Waals surface area contributed by atoms with Crippen LogP contribution in [0.5, 0.6) is 0 Å². The van der Waals surface area contributed by atoms with Crippen molar-refractivity contribution in [3.63, 3.8) is 0 Å². The Morgan fingerprint density at radius 1 is 1.30 bits per heavy atom. The van der Waals surface area contributed by atoms with Crippen molar-refractivity contribution in [1.82, 2.24) is 10.6 Å². The normalized spacial score (nSPS) is 39.7. The molecule has 2 saturated heterocycles. The van der Waals surface area contributed by atoms with Gasteiger partial charge in [0.25, 0.3) is 0 Å². The van der Waals surface area contributed by atoms with Crippen LogP contribution in [0.15, 0.2) is 4.99 Å². The molecule has 3 rings (SSSR count). The summed E-state index contributed by atoms with van der Waals surface area (Å²) in [7, 11) is 1.80. The molecule has 5 atom stereocenters. The molecule has 3 N–H and O–H groups in total. The van der Waals surface area contributed by atoms with E-state index in [-0.39, 0.29) is 30.1 Å². The highest BCUT2D eigenvalue weighted by molar-refractivity contribution is 14.0. The minimum absolute atomic E-state index is 0. The highest BCUT2D eigenvalue weighted by Crippen LogP contribution is 2.34. The van der Waals surface area contributed by atoms with Gasteiger partial charge in [0.05, 0.1) is 24.4 Å². The number of rotatable bonds is 3. The third-order valence-electron chi connectivity index (χ3n) is 4.80. The standard InChI is InChI=1S/C14H25N3O2.HI/c1-15-14(16-8-9-3-2-4-12(9)18)17-11-7-10-5-6-13(11)19-10;/h9-13,18H,2-8H2,1H3,(H2,15,16,17);1H. The van der Waals surface area contributed by atoms with Gasteiger partial charge in [-0.25, -0.2) is 0 Å². The number of hydrogen-bond acceptors (Lipinski definition) is 3. The molecular formula is C14H26IN3O2. The molecule has 116 valence electrons. The van der Waals surface area contributed by atoms with Crippen LogP contribution < -0.4 is 10.6 Å². The molecule has 0 aromatic carbocycles. The van der Waals surface area contributed by atoms with E-state index in [1.54, 1.807) is 7.05 Å². The van der Waals surface area contributed by atoms with Gasteiger partial charge in [0, 0.05) is 19.5 Å². The summed E-state index contributed by atoms with van der Waals surface area (Å²) >= 11 is 0. The highest BCUT2D eigenvalue weighted by atomic mass is 127. The number of aliphatic hydroxyl groups is 1. The fourth-order valence-corrected chi connectivity index (χ4v) is 3.64. The van der Waals surface area contributed by atoms with Gasteiger partial charge < -0.3 is 20.5 Å². The molecule has 2 aliphatic heterocycles. The lowest BCUT2D eigenvalue weighted by molar-refractivity contribution is 0.0991. The zero-order chi connectivity index (χ0) is 13.2. The summed E-state index contributed by atoms with van der Waals surface area (Å²) in [6.45, 7) is 0.808. The zero-order valence-electron chi connectivity index (χ0n) is 12.0. The molecule has 5 unspecified atom stereocenters. The summed E-state index contributed by atoms with van der Waals surface area (Å²) in [4.78, 5) is 4.28. The molecule has 2 heterocycles. The van der Waals surface area contributed by atoms with Crippen LogP contribution in [0.3, 0.4) is 0 Å². The summed E-state index contributed by atoms with van der Waals surface area (Å²) in [5.41, 5.74) is 0. The van der Waals surface area contributed by atoms with Crippen molar-refractivity contribution >= 4 is 29.9 Å². The van der Waals surface area contributed by atoms with Crippen LogP contribution in [-0.4, -0.2) is 49.0 Å². The molecule has 1 aliphatic carbocycles. The van der Waals surface area contributed by atoms with Gasteiger partial charge in [-0.05, 0) is 32.1 Å². The molecule has 20 heavy (non-hydrogen) atoms. The summed E-state index contributed by atoms with van der Waals surface area (Å²) in [6, 6.07) is 0.401. The number of aliphatic hydroxyl groups excluding tert-OH is 1. The van der Waals surface area contributed by atoms with Crippen molar-refractivity contribution in [2.24, 2.45) is 10.9 Å². The molecule has 3 aliphatic rings. The minimum atomic E-state index is -0.142. The van der Waals surface area contributed by atoms with E-state index in [0.717, 1.165) is 38.2 Å². The summed E-state index contributed by atoms with van der Waals surface area (Å²) < 4.78 is 5.84. The highest BCUT2D eigenvalue weighted by Gasteiger charge is 2.41. The van der Waals surface area contributed by atoms with Crippen molar-refractivity contribution in [3.05, 3.63) is 0 Å². The Morgan fingerprint density at radius 2 is 2.15 bits per heavy atom. The van der Waals surface area contributed by atoms with Crippen molar-refractivity contribution in [1.29, 1.82) is 0 Å². The van der Waals surface area contributed by atoms with E-state index in [9.17, 15) is 5.11 Å². The number of ether oxygens (including phenoxy) is 1. The molecule has 0 amide bonds. The van der Waals surface area contributed by atoms with Gasteiger partial charge in [-0.3, -0.25) is 4.99 Å². The second kappa shape index (κ2) is 7.26. The van der Waals surface area contributed by atoms with Gasteiger partial charge in [0.2, 0.25) is 0 Å². The van der Waals surface area contributed by atoms with Gasteiger partial charge in [-0.2, -0.15) is 0 Å². The minimum Gasteiger partial charge on any atom is -0.393 e. The predicted octanol–water partition coefficient (Wildman–Crippen LogP) is 1.25. The van der Waals surface area contributed by atoms with E-state index >= 15 is 0 Å². The zero-order valence-corrected chi connectivity index (χ0v) is 14.4. The SMILES string of the molecule is CN=C(NCC1CCCC1O)NC1CC2CCC1O2.I. The van der Waals surface area contributed by atoms with Crippen LogP contribution in [-0.2, 0) is 4.74 Å². The number of halogens is 1. The van der Waals surface area contributed by atoms with E-state index in [1.165, 1.54) is 12.8 Å². The predicted molar refractivity (Wildman–Crippen MR) is 89.6 cm³/mol. The Hall–Kier alpha value is -0.0800. The summed E-state index contributed by atoms with van der Waals surface area (Å²) in [5.74, 6) is 1.22. The maximum absolute atomic E-state index is 9.82. The van der Waals surface area contributed by atoms with Crippen LogP contribution in [0.25, 0.3) is 0 Å². The molecular weight excluding hydrogens is 369 g/mol. The molecule has 3 fully saturated rings. The Morgan fingerprint density at radius 3 is 2.70 bits per heavy atom. The maximum Gasteiger partial charge on any atom is 0.191 e. The first kappa shape index (κ1) is 16.3. The number of fused-ring (bicyclic) bond motifs is 2. The van der Waals surface area contributed by atoms with Crippen LogP contribution in [0, 0.1) is 5.92 Å². The van der Waals surface area contributed by atoms with Gasteiger partial charge in [0.15, 0.2) is 5.96 Å². The molecule has 0 radical (unpaired) electrons. The third-order valence-corrected chi connectivity index (χ3v) is 4.80. The smallest absolute Gasteiger partial charge is 0.191 e. The lowest BCUT2D eigenvalue weighted by atomic mass is 9.96. The number of hydrogen-bond donors (Lipinski definition) is 3. The second-order valence-corrected chi connectivity index (χ2v) is 6.07. The first-order valence-electron chi connectivity index (χ1n) is 7.57. The first-order chi connectivity index (χ1) is 9.26. The fourth-order valence-electron chi connectivity index (χ4n) is 3.64. The first-order valence-corrected chi connectivity index (χ1v) is 7.57. The van der Waals surface area contributed by atoms with E-state index in [0.29, 0.717) is 24.2 Å². The van der Waals surface area contributed by atoms with Crippen molar-refractivity contribution in [3.8, 4) is 0 Å². The average molecular weight is 395 g/mol. The molecule has 0 aromatic rings. The lowest BCUT2D eigenvalue weighted by Crippen LogP contribution is -2.48. The monoisotopic (exact) mass is 395 g/mol. The van der Waals surface area contributed by atoms with Crippen LogP contribution in [0.2, 0.25) is 0 Å². The van der Waals surface area contributed by atoms with E-state index in [2.05, 4.69) is 15.6 Å². The van der Waals surface area contributed by atoms with E-state index in [1.807, 2.05) is 0 Å². The van der Waals surface area contributed by atoms with Crippen molar-refractivity contribution < 1.29 is 9.84 Å². The summed E-state index contributed by atoms with van der Waals surface area (Å²) in [6.07, 6.45) is 7.34.